The Hall–Kier alpha value is -2.09. The quantitative estimate of drug-likeness (QED) is 0.556. The summed E-state index contributed by atoms with van der Waals surface area (Å²) in [4.78, 5) is 17.0. The van der Waals surface area contributed by atoms with Gasteiger partial charge in [0.25, 0.3) is 5.91 Å². The number of amides is 1. The van der Waals surface area contributed by atoms with Crippen LogP contribution >= 0.6 is 11.6 Å². The average molecular weight is 478 g/mol. The SMILES string of the molecule is CCN(CC)S(=O)(=O)c1cc(C(=O)N(C)Cc2ccc(N3CCCCC3)cc2)ccc1Cl. The minimum absolute atomic E-state index is 0.0343. The molecule has 0 aliphatic carbocycles. The lowest BCUT2D eigenvalue weighted by Gasteiger charge is -2.29. The minimum Gasteiger partial charge on any atom is -0.372 e. The normalized spacial score (nSPS) is 14.6. The lowest BCUT2D eigenvalue weighted by atomic mass is 10.1. The van der Waals surface area contributed by atoms with E-state index in [9.17, 15) is 13.2 Å². The maximum Gasteiger partial charge on any atom is 0.253 e. The van der Waals surface area contributed by atoms with Crippen molar-refractivity contribution in [3.63, 3.8) is 0 Å². The number of nitrogens with zero attached hydrogens (tertiary/aromatic N) is 3. The van der Waals surface area contributed by atoms with Gasteiger partial charge in [-0.3, -0.25) is 4.79 Å². The van der Waals surface area contributed by atoms with E-state index in [1.165, 1.54) is 41.4 Å². The van der Waals surface area contributed by atoms with Crippen molar-refractivity contribution < 1.29 is 13.2 Å². The van der Waals surface area contributed by atoms with Gasteiger partial charge in [0.2, 0.25) is 10.0 Å². The fraction of sp³-hybridized carbons (Fsp3) is 0.458. The molecule has 3 rings (SSSR count). The molecule has 174 valence electrons. The van der Waals surface area contributed by atoms with E-state index in [-0.39, 0.29) is 15.8 Å². The van der Waals surface area contributed by atoms with Gasteiger partial charge in [0.15, 0.2) is 0 Å². The van der Waals surface area contributed by atoms with E-state index in [2.05, 4.69) is 17.0 Å². The van der Waals surface area contributed by atoms with E-state index >= 15 is 0 Å². The third-order valence-corrected chi connectivity index (χ3v) is 8.46. The number of hydrogen-bond donors (Lipinski definition) is 0. The average Bonchev–Trinajstić information content (AvgIpc) is 2.80. The highest BCUT2D eigenvalue weighted by Gasteiger charge is 2.26. The summed E-state index contributed by atoms with van der Waals surface area (Å²) in [6.07, 6.45) is 3.75. The van der Waals surface area contributed by atoms with Crippen LogP contribution in [0.4, 0.5) is 5.69 Å². The van der Waals surface area contributed by atoms with Gasteiger partial charge >= 0.3 is 0 Å². The summed E-state index contributed by atoms with van der Waals surface area (Å²) >= 11 is 6.20. The molecular weight excluding hydrogens is 446 g/mol. The Labute approximate surface area is 196 Å². The fourth-order valence-corrected chi connectivity index (χ4v) is 6.03. The van der Waals surface area contributed by atoms with Crippen molar-refractivity contribution in [3.8, 4) is 0 Å². The molecule has 2 aromatic carbocycles. The molecular formula is C24H32ClN3O3S. The fourth-order valence-electron chi connectivity index (χ4n) is 4.07. The van der Waals surface area contributed by atoms with E-state index < -0.39 is 10.0 Å². The van der Waals surface area contributed by atoms with Crippen molar-refractivity contribution in [3.05, 3.63) is 58.6 Å². The largest absolute Gasteiger partial charge is 0.372 e. The maximum atomic E-state index is 13.0. The molecule has 0 spiro atoms. The van der Waals surface area contributed by atoms with E-state index in [1.807, 2.05) is 12.1 Å². The lowest BCUT2D eigenvalue weighted by molar-refractivity contribution is 0.0785. The van der Waals surface area contributed by atoms with Crippen LogP contribution in [0.2, 0.25) is 5.02 Å². The first-order valence-electron chi connectivity index (χ1n) is 11.2. The summed E-state index contributed by atoms with van der Waals surface area (Å²) in [7, 11) is -2.05. The van der Waals surface area contributed by atoms with Gasteiger partial charge in [-0.2, -0.15) is 4.31 Å². The van der Waals surface area contributed by atoms with Gasteiger partial charge in [-0.15, -0.1) is 0 Å². The maximum absolute atomic E-state index is 13.0. The van der Waals surface area contributed by atoms with Gasteiger partial charge in [0.1, 0.15) is 4.90 Å². The number of benzene rings is 2. The molecule has 0 aromatic heterocycles. The third-order valence-electron chi connectivity index (χ3n) is 5.93. The number of anilines is 1. The number of piperidine rings is 1. The molecule has 0 atom stereocenters. The molecule has 0 radical (unpaired) electrons. The monoisotopic (exact) mass is 477 g/mol. The second kappa shape index (κ2) is 10.7. The van der Waals surface area contributed by atoms with Crippen LogP contribution in [0.5, 0.6) is 0 Å². The summed E-state index contributed by atoms with van der Waals surface area (Å²) in [5, 5.41) is 0.115. The number of halogens is 1. The van der Waals surface area contributed by atoms with Crippen LogP contribution in [0, 0.1) is 0 Å². The number of hydrogen-bond acceptors (Lipinski definition) is 4. The number of rotatable bonds is 8. The van der Waals surface area contributed by atoms with Gasteiger partial charge < -0.3 is 9.80 Å². The summed E-state index contributed by atoms with van der Waals surface area (Å²) in [6.45, 7) is 6.82. The zero-order chi connectivity index (χ0) is 23.3. The zero-order valence-electron chi connectivity index (χ0n) is 19.1. The first kappa shape index (κ1) is 24.6. The molecule has 1 aliphatic rings. The molecule has 0 saturated carbocycles. The molecule has 8 heteroatoms. The van der Waals surface area contributed by atoms with E-state index in [4.69, 9.17) is 11.6 Å². The highest BCUT2D eigenvalue weighted by Crippen LogP contribution is 2.27. The van der Waals surface area contributed by atoms with Crippen LogP contribution in [0.15, 0.2) is 47.4 Å². The smallest absolute Gasteiger partial charge is 0.253 e. The van der Waals surface area contributed by atoms with Crippen LogP contribution in [0.1, 0.15) is 49.0 Å². The van der Waals surface area contributed by atoms with E-state index in [0.29, 0.717) is 25.2 Å². The standard InChI is InChI=1S/C24H32ClN3O3S/c1-4-28(5-2)32(30,31)23-17-20(11-14-22(23)25)24(29)26(3)18-19-9-12-21(13-10-19)27-15-7-6-8-16-27/h9-14,17H,4-8,15-16,18H2,1-3H3. The first-order valence-corrected chi connectivity index (χ1v) is 13.0. The predicted octanol–water partition coefficient (Wildman–Crippen LogP) is 4.63. The van der Waals surface area contributed by atoms with Crippen LogP contribution in [-0.4, -0.2) is 56.8 Å². The van der Waals surface area contributed by atoms with Crippen LogP contribution < -0.4 is 4.90 Å². The molecule has 0 N–H and O–H groups in total. The van der Waals surface area contributed by atoms with Crippen molar-refractivity contribution in [1.29, 1.82) is 0 Å². The van der Waals surface area contributed by atoms with E-state index in [0.717, 1.165) is 18.7 Å². The minimum atomic E-state index is -3.76. The lowest BCUT2D eigenvalue weighted by Crippen LogP contribution is -2.31. The Morgan fingerprint density at radius 2 is 1.62 bits per heavy atom. The summed E-state index contributed by atoms with van der Waals surface area (Å²) in [6, 6.07) is 12.7. The molecule has 2 aromatic rings. The predicted molar refractivity (Wildman–Crippen MR) is 130 cm³/mol. The Balaban J connectivity index is 1.74. The number of sulfonamides is 1. The summed E-state index contributed by atoms with van der Waals surface area (Å²) in [5.74, 6) is -0.252. The van der Waals surface area contributed by atoms with Crippen molar-refractivity contribution in [2.45, 2.75) is 44.6 Å². The molecule has 1 fully saturated rings. The van der Waals surface area contributed by atoms with Crippen LogP contribution in [-0.2, 0) is 16.6 Å². The number of carbonyl (C=O) groups excluding carboxylic acids is 1. The first-order chi connectivity index (χ1) is 15.3. The Morgan fingerprint density at radius 1 is 1.00 bits per heavy atom. The molecule has 0 unspecified atom stereocenters. The van der Waals surface area contributed by atoms with Crippen molar-refractivity contribution in [1.82, 2.24) is 9.21 Å². The Bertz CT molecular complexity index is 1030. The second-order valence-corrected chi connectivity index (χ2v) is 10.4. The molecule has 1 aliphatic heterocycles. The number of carbonyl (C=O) groups is 1. The van der Waals surface area contributed by atoms with Gasteiger partial charge in [-0.25, -0.2) is 8.42 Å². The second-order valence-electron chi connectivity index (χ2n) is 8.11. The van der Waals surface area contributed by atoms with Crippen molar-refractivity contribution in [2.75, 3.05) is 38.1 Å². The van der Waals surface area contributed by atoms with Gasteiger partial charge in [-0.05, 0) is 55.2 Å². The Kier molecular flexibility index (Phi) is 8.20. The molecule has 0 bridgehead atoms. The summed E-state index contributed by atoms with van der Waals surface area (Å²) < 4.78 is 27.2. The molecule has 6 nitrogen and oxygen atoms in total. The molecule has 1 amide bonds. The van der Waals surface area contributed by atoms with Crippen molar-refractivity contribution >= 4 is 33.2 Å². The topological polar surface area (TPSA) is 60.9 Å². The molecule has 32 heavy (non-hydrogen) atoms. The molecule has 1 saturated heterocycles. The molecule has 1 heterocycles. The highest BCUT2D eigenvalue weighted by molar-refractivity contribution is 7.89. The van der Waals surface area contributed by atoms with Crippen LogP contribution in [0.25, 0.3) is 0 Å². The highest BCUT2D eigenvalue weighted by atomic mass is 35.5. The van der Waals surface area contributed by atoms with Gasteiger partial charge in [-0.1, -0.05) is 37.6 Å². The third kappa shape index (κ3) is 5.45. The van der Waals surface area contributed by atoms with Crippen molar-refractivity contribution in [2.24, 2.45) is 0 Å². The Morgan fingerprint density at radius 3 is 2.22 bits per heavy atom. The van der Waals surface area contributed by atoms with Gasteiger partial charge in [0, 0.05) is 51.0 Å². The zero-order valence-corrected chi connectivity index (χ0v) is 20.6. The van der Waals surface area contributed by atoms with E-state index in [1.54, 1.807) is 31.9 Å². The van der Waals surface area contributed by atoms with Crippen LogP contribution in [0.3, 0.4) is 0 Å². The summed E-state index contributed by atoms with van der Waals surface area (Å²) in [5.41, 5.74) is 2.53. The van der Waals surface area contributed by atoms with Gasteiger partial charge in [0.05, 0.1) is 5.02 Å².